The first-order valence-corrected chi connectivity index (χ1v) is 7.11. The quantitative estimate of drug-likeness (QED) is 0.531. The maximum absolute atomic E-state index is 2.46. The van der Waals surface area contributed by atoms with Gasteiger partial charge in [-0.25, -0.2) is 0 Å². The average Bonchev–Trinajstić information content (AvgIpc) is 2.63. The molecule has 0 aromatic carbocycles. The zero-order valence-corrected chi connectivity index (χ0v) is 15.6. The molecule has 97 valence electrons. The molecule has 1 unspecified atom stereocenters. The summed E-state index contributed by atoms with van der Waals surface area (Å²) in [6.45, 7) is 11.4. The van der Waals surface area contributed by atoms with Crippen LogP contribution in [0.3, 0.4) is 0 Å². The molecule has 2 rings (SSSR count). The second kappa shape index (κ2) is 6.25. The fourth-order valence-corrected chi connectivity index (χ4v) is 4.39. The summed E-state index contributed by atoms with van der Waals surface area (Å²) in [5.74, 6) is 0. The Balaban J connectivity index is 0.00000144. The van der Waals surface area contributed by atoms with Crippen LogP contribution in [0.1, 0.15) is 41.0 Å². The van der Waals surface area contributed by atoms with Crippen molar-refractivity contribution in [1.82, 2.24) is 0 Å². The second-order valence-corrected chi connectivity index (χ2v) is 6.71. The van der Waals surface area contributed by atoms with E-state index in [-0.39, 0.29) is 30.2 Å². The molecular formula is C15H19Cl2Zr. The third-order valence-corrected chi connectivity index (χ3v) is 5.38. The number of hydrogen-bond donors (Lipinski definition) is 0. The largest absolute Gasteiger partial charge is 1.00 e. The second-order valence-electron chi connectivity index (χ2n) is 5.22. The van der Waals surface area contributed by atoms with Crippen molar-refractivity contribution < 1.29 is 49.5 Å². The average molecular weight is 361 g/mol. The summed E-state index contributed by atoms with van der Waals surface area (Å²) in [5.41, 5.74) is 7.74. The summed E-state index contributed by atoms with van der Waals surface area (Å²) < 4.78 is 1.63. The molecule has 0 aromatic heterocycles. The molecule has 1 atom stereocenters. The Kier molecular flexibility index (Phi) is 6.40. The zero-order valence-electron chi connectivity index (χ0n) is 11.6. The summed E-state index contributed by atoms with van der Waals surface area (Å²) >= 11 is 1.58. The molecule has 0 radical (unpaired) electrons. The molecule has 0 nitrogen and oxygen atoms in total. The van der Waals surface area contributed by atoms with Gasteiger partial charge in [-0.15, -0.1) is 0 Å². The molecule has 0 N–H and O–H groups in total. The number of halogens is 2. The summed E-state index contributed by atoms with van der Waals surface area (Å²) in [4.78, 5) is 0. The van der Waals surface area contributed by atoms with E-state index in [0.717, 1.165) is 0 Å². The zero-order chi connectivity index (χ0) is 12.1. The predicted molar refractivity (Wildman–Crippen MR) is 65.6 cm³/mol. The molecule has 0 saturated carbocycles. The molecule has 0 bridgehead atoms. The van der Waals surface area contributed by atoms with Gasteiger partial charge < -0.3 is 24.8 Å². The first kappa shape index (κ1) is 18.4. The molecule has 0 amide bonds. The molecule has 0 heterocycles. The Bertz CT molecular complexity index is 481. The standard InChI is InChI=1S/C15H19.2ClH.Zr/c1-10-7-6-8-14(10)15(5)9-11(2)12(3)13(15)4;;;/h7,9H,6H2,1-5H3;2*1H;/q;;;+2/p-2. The van der Waals surface area contributed by atoms with E-state index < -0.39 is 0 Å². The SMILES string of the molecule is CC1=CC(C)(C2=[C]([Zr+2])CC=C2C)C(C)=C1C.[Cl-].[Cl-]. The molecule has 0 aliphatic heterocycles. The van der Waals surface area contributed by atoms with Crippen LogP contribution >= 0.6 is 0 Å². The van der Waals surface area contributed by atoms with Crippen LogP contribution < -0.4 is 24.8 Å². The first-order chi connectivity index (χ1) is 7.38. The minimum atomic E-state index is 0. The third-order valence-electron chi connectivity index (χ3n) is 4.27. The molecule has 3 heteroatoms. The van der Waals surface area contributed by atoms with Gasteiger partial charge in [0.25, 0.3) is 0 Å². The van der Waals surface area contributed by atoms with Gasteiger partial charge in [-0.3, -0.25) is 0 Å². The monoisotopic (exact) mass is 359 g/mol. The van der Waals surface area contributed by atoms with Crippen molar-refractivity contribution >= 4 is 0 Å². The van der Waals surface area contributed by atoms with Gasteiger partial charge in [0, 0.05) is 0 Å². The van der Waals surface area contributed by atoms with Crippen molar-refractivity contribution in [1.29, 1.82) is 0 Å². The van der Waals surface area contributed by atoms with Gasteiger partial charge in [0.2, 0.25) is 0 Å². The topological polar surface area (TPSA) is 0 Å². The van der Waals surface area contributed by atoms with Crippen molar-refractivity contribution in [3.63, 3.8) is 0 Å². The Morgan fingerprint density at radius 1 is 1.06 bits per heavy atom. The summed E-state index contributed by atoms with van der Waals surface area (Å²) in [6, 6.07) is 0. The van der Waals surface area contributed by atoms with Crippen LogP contribution in [-0.2, 0) is 24.7 Å². The van der Waals surface area contributed by atoms with Crippen molar-refractivity contribution in [2.45, 2.75) is 41.0 Å². The van der Waals surface area contributed by atoms with Crippen LogP contribution in [0.25, 0.3) is 0 Å². The Labute approximate surface area is 138 Å². The van der Waals surface area contributed by atoms with E-state index in [4.69, 9.17) is 0 Å². The van der Waals surface area contributed by atoms with E-state index in [9.17, 15) is 0 Å². The number of allylic oxidation sites excluding steroid dienone is 8. The number of rotatable bonds is 1. The molecule has 0 aromatic rings. The van der Waals surface area contributed by atoms with E-state index >= 15 is 0 Å². The first-order valence-electron chi connectivity index (χ1n) is 5.88. The maximum Gasteiger partial charge on any atom is -1.00 e. The van der Waals surface area contributed by atoms with Crippen LogP contribution in [0.2, 0.25) is 0 Å². The van der Waals surface area contributed by atoms with Gasteiger partial charge in [0.05, 0.1) is 0 Å². The van der Waals surface area contributed by atoms with E-state index in [0.29, 0.717) is 0 Å². The fourth-order valence-electron chi connectivity index (χ4n) is 3.01. The summed E-state index contributed by atoms with van der Waals surface area (Å²) in [5, 5.41) is 0. The van der Waals surface area contributed by atoms with Gasteiger partial charge in [0.1, 0.15) is 0 Å². The van der Waals surface area contributed by atoms with E-state index in [1.54, 1.807) is 33.6 Å². The van der Waals surface area contributed by atoms with Gasteiger partial charge in [-0.05, 0) is 0 Å². The van der Waals surface area contributed by atoms with Gasteiger partial charge in [-0.2, -0.15) is 0 Å². The third kappa shape index (κ3) is 2.65. The molecule has 2 aliphatic rings. The normalized spacial score (nSPS) is 26.8. The fraction of sp³-hybridized carbons (Fsp3) is 0.467. The van der Waals surface area contributed by atoms with Crippen molar-refractivity contribution in [2.24, 2.45) is 5.41 Å². The minimum absolute atomic E-state index is 0. The summed E-state index contributed by atoms with van der Waals surface area (Å²) in [7, 11) is 0. The van der Waals surface area contributed by atoms with E-state index in [2.05, 4.69) is 46.8 Å². The van der Waals surface area contributed by atoms with Crippen LogP contribution in [0.15, 0.2) is 43.3 Å². The van der Waals surface area contributed by atoms with Crippen LogP contribution in [0.5, 0.6) is 0 Å². The summed E-state index contributed by atoms with van der Waals surface area (Å²) in [6.07, 6.45) is 6.02. The van der Waals surface area contributed by atoms with Crippen molar-refractivity contribution in [3.8, 4) is 0 Å². The van der Waals surface area contributed by atoms with Crippen LogP contribution in [-0.4, -0.2) is 0 Å². The Morgan fingerprint density at radius 2 is 1.61 bits per heavy atom. The maximum atomic E-state index is 2.46. The Morgan fingerprint density at radius 3 is 1.94 bits per heavy atom. The van der Waals surface area contributed by atoms with Gasteiger partial charge >= 0.3 is 114 Å². The smallest absolute Gasteiger partial charge is 1.00 e. The van der Waals surface area contributed by atoms with Gasteiger partial charge in [0.15, 0.2) is 0 Å². The number of hydrogen-bond acceptors (Lipinski definition) is 0. The predicted octanol–water partition coefficient (Wildman–Crippen LogP) is -1.55. The Hall–Kier alpha value is 0.423. The van der Waals surface area contributed by atoms with Crippen molar-refractivity contribution in [3.05, 3.63) is 43.3 Å². The van der Waals surface area contributed by atoms with Gasteiger partial charge in [-0.1, -0.05) is 0 Å². The molecule has 18 heavy (non-hydrogen) atoms. The van der Waals surface area contributed by atoms with Crippen LogP contribution in [0.4, 0.5) is 0 Å². The molecule has 2 aliphatic carbocycles. The minimum Gasteiger partial charge on any atom is -1.00 e. The molecule has 0 fully saturated rings. The van der Waals surface area contributed by atoms with Crippen LogP contribution in [0, 0.1) is 5.41 Å². The van der Waals surface area contributed by atoms with E-state index in [1.165, 1.54) is 28.7 Å². The van der Waals surface area contributed by atoms with E-state index in [1.807, 2.05) is 0 Å². The molecular weight excluding hydrogens is 342 g/mol. The van der Waals surface area contributed by atoms with Crippen molar-refractivity contribution in [2.75, 3.05) is 0 Å². The molecule has 0 spiro atoms. The molecule has 0 saturated heterocycles.